The molecule has 0 aliphatic carbocycles. The van der Waals surface area contributed by atoms with Crippen LogP contribution in [0.25, 0.3) is 23.3 Å². The summed E-state index contributed by atoms with van der Waals surface area (Å²) >= 11 is 0. The number of hydrogen-bond donors (Lipinski definition) is 3. The number of ether oxygens (including phenoxy) is 1. The van der Waals surface area contributed by atoms with Crippen molar-refractivity contribution in [3.05, 3.63) is 159 Å². The van der Waals surface area contributed by atoms with Crippen LogP contribution in [-0.2, 0) is 36.1 Å². The van der Waals surface area contributed by atoms with E-state index >= 15 is 0 Å². The molecule has 404 valence electrons. The highest BCUT2D eigenvalue weighted by Crippen LogP contribution is 2.44. The third-order valence-electron chi connectivity index (χ3n) is 17.2. The van der Waals surface area contributed by atoms with Gasteiger partial charge in [0.1, 0.15) is 0 Å². The van der Waals surface area contributed by atoms with Crippen LogP contribution in [0.2, 0.25) is 0 Å². The van der Waals surface area contributed by atoms with Gasteiger partial charge in [-0.1, -0.05) is 172 Å². The van der Waals surface area contributed by atoms with E-state index in [-0.39, 0.29) is 41.1 Å². The molecule has 75 heavy (non-hydrogen) atoms. The number of hydrogen-bond acceptors (Lipinski definition) is 8. The van der Waals surface area contributed by atoms with E-state index in [9.17, 15) is 15.3 Å². The molecule has 0 bridgehead atoms. The average molecular weight is 1020 g/mol. The number of rotatable bonds is 20. The number of benzene rings is 5. The first-order chi connectivity index (χ1) is 35.5. The molecule has 1 aliphatic heterocycles. The van der Waals surface area contributed by atoms with Crippen LogP contribution in [0.1, 0.15) is 191 Å². The largest absolute Gasteiger partial charge is 0.504 e. The summed E-state index contributed by atoms with van der Waals surface area (Å²) < 4.78 is 17.9. The van der Waals surface area contributed by atoms with Gasteiger partial charge in [-0.05, 0) is 173 Å². The first-order valence-electron chi connectivity index (χ1n) is 27.5. The molecule has 1 saturated heterocycles. The summed E-state index contributed by atoms with van der Waals surface area (Å²) in [6.45, 7) is 31.9. The molecule has 9 heteroatoms. The number of carbonyl (C=O) groups excluding carboxylic acids is 2. The Morgan fingerprint density at radius 1 is 0.560 bits per heavy atom. The molecular weight excluding hydrogens is 932 g/mol. The second kappa shape index (κ2) is 26.5. The van der Waals surface area contributed by atoms with Gasteiger partial charge in [0, 0.05) is 16.4 Å². The Bertz CT molecular complexity index is 2690. The summed E-state index contributed by atoms with van der Waals surface area (Å²) in [4.78, 5) is 16.2. The Labute approximate surface area is 451 Å². The van der Waals surface area contributed by atoms with Crippen molar-refractivity contribution in [1.29, 1.82) is 0 Å². The van der Waals surface area contributed by atoms with E-state index in [0.29, 0.717) is 31.4 Å². The third-order valence-corrected chi connectivity index (χ3v) is 17.2. The fraction of sp³-hybridized carbons (Fsp3) is 0.470. The molecule has 0 spiro atoms. The van der Waals surface area contributed by atoms with Gasteiger partial charge in [-0.3, -0.25) is 0 Å². The molecule has 1 aliphatic rings. The molecule has 0 saturated carbocycles. The molecule has 6 rings (SSSR count). The lowest BCUT2D eigenvalue weighted by molar-refractivity contribution is -0.191. The third kappa shape index (κ3) is 13.9. The number of methoxy groups -OCH3 is 1. The Morgan fingerprint density at radius 3 is 1.27 bits per heavy atom. The molecule has 0 amide bonds. The Kier molecular flexibility index (Phi) is 21.9. The van der Waals surface area contributed by atoms with Crippen LogP contribution in [0.4, 0.5) is 0 Å². The van der Waals surface area contributed by atoms with Crippen molar-refractivity contribution in [1.82, 2.24) is 0 Å². The van der Waals surface area contributed by atoms with Crippen molar-refractivity contribution in [2.75, 3.05) is 7.11 Å². The molecule has 8 nitrogen and oxygen atoms in total. The fourth-order valence-corrected chi connectivity index (χ4v) is 10.4. The van der Waals surface area contributed by atoms with Gasteiger partial charge in [0.05, 0.1) is 29.5 Å². The lowest BCUT2D eigenvalue weighted by Gasteiger charge is -2.34. The van der Waals surface area contributed by atoms with Crippen molar-refractivity contribution < 1.29 is 39.0 Å². The van der Waals surface area contributed by atoms with Crippen LogP contribution in [0.3, 0.4) is 0 Å². The Balaban J connectivity index is 0.000000309. The summed E-state index contributed by atoms with van der Waals surface area (Å²) in [5, 5.41) is 32.1. The van der Waals surface area contributed by atoms with Gasteiger partial charge >= 0.3 is 13.3 Å². The highest BCUT2D eigenvalue weighted by Gasteiger charge is 2.51. The fourth-order valence-electron chi connectivity index (χ4n) is 10.4. The quantitative estimate of drug-likeness (QED) is 0.0659. The van der Waals surface area contributed by atoms with Crippen molar-refractivity contribution in [3.8, 4) is 22.6 Å². The first kappa shape index (κ1) is 62.0. The van der Waals surface area contributed by atoms with Crippen molar-refractivity contribution >= 4 is 30.9 Å². The zero-order valence-electron chi connectivity index (χ0n) is 48.4. The molecule has 1 fully saturated rings. The van der Waals surface area contributed by atoms with Crippen LogP contribution in [-0.4, -0.2) is 58.1 Å². The average Bonchev–Trinajstić information content (AvgIpc) is 3.64. The van der Waals surface area contributed by atoms with Gasteiger partial charge in [-0.15, -0.1) is 0 Å². The molecule has 0 atom stereocenters. The molecule has 3 N–H and O–H groups in total. The number of phenols is 1. The minimum absolute atomic E-state index is 0.0605. The van der Waals surface area contributed by atoms with Crippen LogP contribution >= 0.6 is 0 Å². The Hall–Kier alpha value is -5.54. The van der Waals surface area contributed by atoms with Crippen molar-refractivity contribution in [3.63, 3.8) is 0 Å². The SMILES string of the molecule is CCC(O)(/C=C/c1ccc(C(CC)(CC)c2ccc(B3OC(C)(C)C(C)(C)O3)cc2)cc1C)CC.CCc1cc(OC)c(O)c(-c2ccc(C(CC)(CC)c3ccc(/C=C/C(O)(CC)CC)c(C)c3)cc2)c1.O=C=O. The van der Waals surface area contributed by atoms with E-state index in [1.165, 1.54) is 33.4 Å². The minimum Gasteiger partial charge on any atom is -0.504 e. The van der Waals surface area contributed by atoms with Crippen LogP contribution < -0.4 is 10.2 Å². The van der Waals surface area contributed by atoms with Gasteiger partial charge in [0.2, 0.25) is 0 Å². The normalized spacial score (nSPS) is 14.6. The van der Waals surface area contributed by atoms with Gasteiger partial charge in [0.25, 0.3) is 0 Å². The molecule has 0 unspecified atom stereocenters. The summed E-state index contributed by atoms with van der Waals surface area (Å²) in [6.07, 6.45) is 16.0. The Morgan fingerprint density at radius 2 is 0.933 bits per heavy atom. The zero-order chi connectivity index (χ0) is 56.0. The summed E-state index contributed by atoms with van der Waals surface area (Å²) in [5.41, 5.74) is 11.6. The van der Waals surface area contributed by atoms with E-state index in [1.54, 1.807) is 7.11 Å². The minimum atomic E-state index is -0.751. The van der Waals surface area contributed by atoms with Gasteiger partial charge in [0.15, 0.2) is 11.5 Å². The summed E-state index contributed by atoms with van der Waals surface area (Å²) in [7, 11) is 1.25. The topological polar surface area (TPSA) is 123 Å². The van der Waals surface area contributed by atoms with Gasteiger partial charge < -0.3 is 29.4 Å². The summed E-state index contributed by atoms with van der Waals surface area (Å²) in [5.74, 6) is 0.692. The van der Waals surface area contributed by atoms with E-state index in [4.69, 9.17) is 23.6 Å². The number of aryl methyl sites for hydroxylation is 3. The predicted octanol–water partition coefficient (Wildman–Crippen LogP) is 15.0. The van der Waals surface area contributed by atoms with E-state index in [2.05, 4.69) is 173 Å². The smallest absolute Gasteiger partial charge is 0.494 e. The number of aromatic hydroxyl groups is 1. The monoisotopic (exact) mass is 1020 g/mol. The molecule has 1 heterocycles. The van der Waals surface area contributed by atoms with Gasteiger partial charge in [-0.25, -0.2) is 0 Å². The first-order valence-corrected chi connectivity index (χ1v) is 27.5. The number of phenolic OH excluding ortho intramolecular Hbond substituents is 1. The predicted molar refractivity (Wildman–Crippen MR) is 311 cm³/mol. The van der Waals surface area contributed by atoms with E-state index in [0.717, 1.165) is 65.4 Å². The second-order valence-electron chi connectivity index (χ2n) is 21.4. The molecule has 0 radical (unpaired) electrons. The van der Waals surface area contributed by atoms with E-state index in [1.807, 2.05) is 52.0 Å². The van der Waals surface area contributed by atoms with Crippen LogP contribution in [0.5, 0.6) is 11.5 Å². The van der Waals surface area contributed by atoms with Gasteiger partial charge in [-0.2, -0.15) is 9.59 Å². The van der Waals surface area contributed by atoms with Crippen molar-refractivity contribution in [2.24, 2.45) is 0 Å². The zero-order valence-corrected chi connectivity index (χ0v) is 48.4. The maximum atomic E-state index is 10.8. The molecule has 5 aromatic carbocycles. The highest BCUT2D eigenvalue weighted by molar-refractivity contribution is 6.62. The standard InChI is InChI=1S/C34H44O3.C31H45BO3.CO2/c1-8-25-22-30(32(35)31(23-25)37-7)27-14-16-28(17-15-27)34(11-4,12-5)29-18-13-26(24(6)21-29)19-20-33(36,9-2)10-3;1-10-30(33,11-2)21-20-24-14-15-26(22-23(24)5)31(12-3,13-4)25-16-18-27(19-17-25)32-34-28(6,7)29(8,9)35-32;2-1-3/h13-23,35-36H,8-12H2,1-7H3;14-22,33H,10-13H2,1-9H3;/b20-19+;21-20+;. The maximum Gasteiger partial charge on any atom is 0.494 e. The van der Waals surface area contributed by atoms with Crippen LogP contribution in [0, 0.1) is 13.8 Å². The molecule has 5 aromatic rings. The molecular formula is C66H89BO8. The summed E-state index contributed by atoms with van der Waals surface area (Å²) in [6, 6.07) is 34.9. The highest BCUT2D eigenvalue weighted by atomic mass is 16.7. The van der Waals surface area contributed by atoms with Crippen LogP contribution in [0.15, 0.2) is 109 Å². The maximum absolute atomic E-state index is 10.8. The lowest BCUT2D eigenvalue weighted by Crippen LogP contribution is -2.41. The number of aliphatic hydroxyl groups is 2. The van der Waals surface area contributed by atoms with Crippen molar-refractivity contribution in [2.45, 2.75) is 195 Å². The second-order valence-corrected chi connectivity index (χ2v) is 21.4. The molecule has 0 aromatic heterocycles. The van der Waals surface area contributed by atoms with E-state index < -0.39 is 11.2 Å². The lowest BCUT2D eigenvalue weighted by atomic mass is 9.69.